The lowest BCUT2D eigenvalue weighted by Gasteiger charge is -2.09. The molecule has 0 aliphatic carbocycles. The zero-order valence-corrected chi connectivity index (χ0v) is 8.10. The number of aryl methyl sites for hydroxylation is 1. The van der Waals surface area contributed by atoms with Crippen LogP contribution in [-0.2, 0) is 6.42 Å². The number of anilines is 2. The van der Waals surface area contributed by atoms with E-state index >= 15 is 0 Å². The molecular formula is C8H11F3N4. The van der Waals surface area contributed by atoms with Crippen LogP contribution in [0, 0.1) is 0 Å². The van der Waals surface area contributed by atoms with Crippen molar-refractivity contribution < 1.29 is 13.2 Å². The van der Waals surface area contributed by atoms with Gasteiger partial charge in [-0.2, -0.15) is 13.2 Å². The van der Waals surface area contributed by atoms with E-state index in [0.29, 0.717) is 12.2 Å². The van der Waals surface area contributed by atoms with Crippen LogP contribution in [0.2, 0.25) is 0 Å². The molecule has 0 atom stereocenters. The van der Waals surface area contributed by atoms with E-state index in [9.17, 15) is 13.2 Å². The zero-order valence-electron chi connectivity index (χ0n) is 8.10. The third kappa shape index (κ3) is 4.01. The van der Waals surface area contributed by atoms with E-state index in [0.717, 1.165) is 0 Å². The average molecular weight is 220 g/mol. The van der Waals surface area contributed by atoms with Gasteiger partial charge in [0.05, 0.1) is 0 Å². The van der Waals surface area contributed by atoms with Crippen molar-refractivity contribution in [3.8, 4) is 0 Å². The van der Waals surface area contributed by atoms with E-state index < -0.39 is 12.7 Å². The van der Waals surface area contributed by atoms with Gasteiger partial charge in [-0.3, -0.25) is 0 Å². The molecular weight excluding hydrogens is 209 g/mol. The quantitative estimate of drug-likeness (QED) is 0.812. The van der Waals surface area contributed by atoms with Crippen LogP contribution in [0.15, 0.2) is 6.07 Å². The molecule has 0 radical (unpaired) electrons. The molecule has 1 aromatic rings. The number of alkyl halides is 3. The normalized spacial score (nSPS) is 11.5. The Balaban J connectivity index is 2.73. The number of nitrogens with two attached hydrogens (primary N) is 1. The molecule has 84 valence electrons. The Morgan fingerprint density at radius 1 is 1.40 bits per heavy atom. The number of nitrogen functional groups attached to an aromatic ring is 1. The standard InChI is InChI=1S/C8H11F3N4/c1-2-6-14-5(12)3-7(15-6)13-4-8(9,10)11/h3H,2,4H2,1H3,(H3,12,13,14,15). The SMILES string of the molecule is CCc1nc(N)cc(NCC(F)(F)F)n1. The predicted molar refractivity (Wildman–Crippen MR) is 50.4 cm³/mol. The van der Waals surface area contributed by atoms with Gasteiger partial charge in [-0.15, -0.1) is 0 Å². The summed E-state index contributed by atoms with van der Waals surface area (Å²) in [6, 6.07) is 1.27. The molecule has 0 saturated heterocycles. The minimum Gasteiger partial charge on any atom is -0.384 e. The number of nitrogens with one attached hydrogen (secondary N) is 1. The molecule has 7 heteroatoms. The van der Waals surface area contributed by atoms with Gasteiger partial charge in [0.1, 0.15) is 24.0 Å². The first kappa shape index (κ1) is 11.5. The summed E-state index contributed by atoms with van der Waals surface area (Å²) in [5, 5.41) is 2.14. The van der Waals surface area contributed by atoms with Gasteiger partial charge < -0.3 is 11.1 Å². The highest BCUT2D eigenvalue weighted by molar-refractivity contribution is 5.44. The summed E-state index contributed by atoms with van der Waals surface area (Å²) < 4.78 is 35.7. The maximum atomic E-state index is 11.9. The fourth-order valence-corrected chi connectivity index (χ4v) is 0.957. The molecule has 0 aliphatic heterocycles. The van der Waals surface area contributed by atoms with Crippen molar-refractivity contribution in [2.75, 3.05) is 17.6 Å². The number of halogens is 3. The van der Waals surface area contributed by atoms with E-state index in [4.69, 9.17) is 5.73 Å². The summed E-state index contributed by atoms with van der Waals surface area (Å²) in [5.41, 5.74) is 5.40. The van der Waals surface area contributed by atoms with E-state index in [1.807, 2.05) is 0 Å². The topological polar surface area (TPSA) is 63.8 Å². The third-order valence-corrected chi connectivity index (χ3v) is 1.58. The first-order valence-electron chi connectivity index (χ1n) is 4.35. The molecule has 0 amide bonds. The second kappa shape index (κ2) is 4.33. The van der Waals surface area contributed by atoms with E-state index in [2.05, 4.69) is 15.3 Å². The Bertz CT molecular complexity index is 337. The largest absolute Gasteiger partial charge is 0.405 e. The first-order chi connectivity index (χ1) is 6.90. The second-order valence-corrected chi connectivity index (χ2v) is 2.92. The summed E-state index contributed by atoms with van der Waals surface area (Å²) >= 11 is 0. The van der Waals surface area contributed by atoms with E-state index in [1.165, 1.54) is 6.07 Å². The zero-order chi connectivity index (χ0) is 11.5. The minimum absolute atomic E-state index is 0.0941. The Morgan fingerprint density at radius 3 is 2.60 bits per heavy atom. The lowest BCUT2D eigenvalue weighted by molar-refractivity contribution is -0.115. The Hall–Kier alpha value is -1.53. The number of rotatable bonds is 3. The molecule has 0 fully saturated rings. The van der Waals surface area contributed by atoms with Crippen LogP contribution in [0.3, 0.4) is 0 Å². The summed E-state index contributed by atoms with van der Waals surface area (Å²) in [6.45, 7) is 0.662. The Morgan fingerprint density at radius 2 is 2.07 bits per heavy atom. The van der Waals surface area contributed by atoms with Crippen molar-refractivity contribution in [2.24, 2.45) is 0 Å². The average Bonchev–Trinajstić information content (AvgIpc) is 2.13. The molecule has 1 heterocycles. The van der Waals surface area contributed by atoms with Crippen LogP contribution < -0.4 is 11.1 Å². The summed E-state index contributed by atoms with van der Waals surface area (Å²) in [5.74, 6) is 0.669. The van der Waals surface area contributed by atoms with Crippen LogP contribution in [0.5, 0.6) is 0 Å². The van der Waals surface area contributed by atoms with E-state index in [-0.39, 0.29) is 11.6 Å². The van der Waals surface area contributed by atoms with Gasteiger partial charge in [-0.05, 0) is 0 Å². The van der Waals surface area contributed by atoms with Crippen LogP contribution in [0.1, 0.15) is 12.7 Å². The number of hydrogen-bond donors (Lipinski definition) is 2. The highest BCUT2D eigenvalue weighted by Gasteiger charge is 2.26. The van der Waals surface area contributed by atoms with Gasteiger partial charge in [-0.25, -0.2) is 9.97 Å². The lowest BCUT2D eigenvalue weighted by Crippen LogP contribution is -2.22. The van der Waals surface area contributed by atoms with Gasteiger partial charge in [-0.1, -0.05) is 6.92 Å². The highest BCUT2D eigenvalue weighted by atomic mass is 19.4. The van der Waals surface area contributed by atoms with Gasteiger partial charge >= 0.3 is 6.18 Å². The Kier molecular flexibility index (Phi) is 3.33. The van der Waals surface area contributed by atoms with Crippen LogP contribution in [-0.4, -0.2) is 22.7 Å². The van der Waals surface area contributed by atoms with Crippen LogP contribution in [0.25, 0.3) is 0 Å². The minimum atomic E-state index is -4.27. The highest BCUT2D eigenvalue weighted by Crippen LogP contribution is 2.16. The van der Waals surface area contributed by atoms with Crippen molar-refractivity contribution in [3.63, 3.8) is 0 Å². The van der Waals surface area contributed by atoms with Gasteiger partial charge in [0.25, 0.3) is 0 Å². The molecule has 3 N–H and O–H groups in total. The van der Waals surface area contributed by atoms with Crippen molar-refractivity contribution in [1.29, 1.82) is 0 Å². The number of aromatic nitrogens is 2. The Labute approximate surface area is 84.7 Å². The molecule has 1 aromatic heterocycles. The lowest BCUT2D eigenvalue weighted by atomic mass is 10.4. The fourth-order valence-electron chi connectivity index (χ4n) is 0.957. The number of nitrogens with zero attached hydrogens (tertiary/aromatic N) is 2. The molecule has 0 bridgehead atoms. The van der Waals surface area contributed by atoms with Crippen LogP contribution >= 0.6 is 0 Å². The maximum absolute atomic E-state index is 11.9. The number of hydrogen-bond acceptors (Lipinski definition) is 4. The summed E-state index contributed by atoms with van der Waals surface area (Å²) in [7, 11) is 0. The predicted octanol–water partition coefficient (Wildman–Crippen LogP) is 1.60. The van der Waals surface area contributed by atoms with Crippen molar-refractivity contribution in [2.45, 2.75) is 19.5 Å². The molecule has 0 spiro atoms. The van der Waals surface area contributed by atoms with Crippen molar-refractivity contribution >= 4 is 11.6 Å². The molecule has 0 unspecified atom stereocenters. The van der Waals surface area contributed by atoms with Gasteiger partial charge in [0.2, 0.25) is 0 Å². The van der Waals surface area contributed by atoms with Crippen LogP contribution in [0.4, 0.5) is 24.8 Å². The third-order valence-electron chi connectivity index (χ3n) is 1.58. The molecule has 1 rings (SSSR count). The second-order valence-electron chi connectivity index (χ2n) is 2.92. The fraction of sp³-hybridized carbons (Fsp3) is 0.500. The first-order valence-corrected chi connectivity index (χ1v) is 4.35. The maximum Gasteiger partial charge on any atom is 0.405 e. The van der Waals surface area contributed by atoms with Gasteiger partial charge in [0.15, 0.2) is 0 Å². The monoisotopic (exact) mass is 220 g/mol. The van der Waals surface area contributed by atoms with Crippen molar-refractivity contribution in [3.05, 3.63) is 11.9 Å². The molecule has 0 saturated carbocycles. The van der Waals surface area contributed by atoms with E-state index in [1.54, 1.807) is 6.92 Å². The molecule has 4 nitrogen and oxygen atoms in total. The van der Waals surface area contributed by atoms with Gasteiger partial charge in [0, 0.05) is 12.5 Å². The molecule has 0 aromatic carbocycles. The molecule has 15 heavy (non-hydrogen) atoms. The van der Waals surface area contributed by atoms with Crippen molar-refractivity contribution in [1.82, 2.24) is 9.97 Å². The molecule has 0 aliphatic rings. The summed E-state index contributed by atoms with van der Waals surface area (Å²) in [6.07, 6.45) is -3.75. The smallest absolute Gasteiger partial charge is 0.384 e. The summed E-state index contributed by atoms with van der Waals surface area (Å²) in [4.78, 5) is 7.70.